The molecule has 0 fully saturated rings. The first-order valence-electron chi connectivity index (χ1n) is 5.82. The van der Waals surface area contributed by atoms with Gasteiger partial charge in [0.1, 0.15) is 0 Å². The van der Waals surface area contributed by atoms with Crippen LogP contribution >= 0.6 is 0 Å². The van der Waals surface area contributed by atoms with Crippen LogP contribution in [0.3, 0.4) is 0 Å². The standard InChI is InChI=1S/C13H18N2O/c1-9(2)8-15-13(16)11-4-3-10-5-6-14-12(10)7-11/h3-4,7,9,14H,5-6,8H2,1-2H3,(H,15,16). The normalized spacial score (nSPS) is 13.4. The average Bonchev–Trinajstić information content (AvgIpc) is 2.72. The molecule has 2 N–H and O–H groups in total. The lowest BCUT2D eigenvalue weighted by molar-refractivity contribution is 0.0949. The second kappa shape index (κ2) is 4.56. The van der Waals surface area contributed by atoms with Crippen LogP contribution in [0.2, 0.25) is 0 Å². The maximum Gasteiger partial charge on any atom is 0.251 e. The number of rotatable bonds is 3. The number of amides is 1. The number of hydrogen-bond donors (Lipinski definition) is 2. The Morgan fingerprint density at radius 2 is 2.31 bits per heavy atom. The third-order valence-corrected chi connectivity index (χ3v) is 2.75. The van der Waals surface area contributed by atoms with Crippen LogP contribution < -0.4 is 10.6 Å². The van der Waals surface area contributed by atoms with Gasteiger partial charge in [-0.05, 0) is 30.0 Å². The van der Waals surface area contributed by atoms with Gasteiger partial charge < -0.3 is 10.6 Å². The van der Waals surface area contributed by atoms with Crippen LogP contribution in [0.5, 0.6) is 0 Å². The summed E-state index contributed by atoms with van der Waals surface area (Å²) in [7, 11) is 0. The molecule has 0 bridgehead atoms. The molecule has 0 radical (unpaired) electrons. The van der Waals surface area contributed by atoms with E-state index in [1.165, 1.54) is 5.56 Å². The Bertz CT molecular complexity index is 399. The van der Waals surface area contributed by atoms with E-state index in [1.54, 1.807) is 0 Å². The number of benzene rings is 1. The quantitative estimate of drug-likeness (QED) is 0.815. The zero-order chi connectivity index (χ0) is 11.5. The van der Waals surface area contributed by atoms with Crippen LogP contribution in [0.1, 0.15) is 29.8 Å². The average molecular weight is 218 g/mol. The Morgan fingerprint density at radius 1 is 1.50 bits per heavy atom. The van der Waals surface area contributed by atoms with Gasteiger partial charge in [0.25, 0.3) is 5.91 Å². The number of carbonyl (C=O) groups is 1. The van der Waals surface area contributed by atoms with E-state index in [0.717, 1.165) is 30.8 Å². The Kier molecular flexibility index (Phi) is 3.13. The first-order valence-corrected chi connectivity index (χ1v) is 5.82. The van der Waals surface area contributed by atoms with Gasteiger partial charge in [0, 0.05) is 24.3 Å². The smallest absolute Gasteiger partial charge is 0.251 e. The van der Waals surface area contributed by atoms with Gasteiger partial charge in [0.05, 0.1) is 0 Å². The molecule has 3 heteroatoms. The molecular formula is C13H18N2O. The SMILES string of the molecule is CC(C)CNC(=O)c1ccc2c(c1)NCC2. The molecule has 1 amide bonds. The van der Waals surface area contributed by atoms with E-state index in [4.69, 9.17) is 0 Å². The maximum absolute atomic E-state index is 11.8. The Labute approximate surface area is 96.2 Å². The largest absolute Gasteiger partial charge is 0.384 e. The minimum atomic E-state index is 0.0187. The van der Waals surface area contributed by atoms with Gasteiger partial charge in [-0.15, -0.1) is 0 Å². The number of hydrogen-bond acceptors (Lipinski definition) is 2. The van der Waals surface area contributed by atoms with Crippen LogP contribution in [0.25, 0.3) is 0 Å². The van der Waals surface area contributed by atoms with Gasteiger partial charge >= 0.3 is 0 Å². The number of fused-ring (bicyclic) bond motifs is 1. The zero-order valence-corrected chi connectivity index (χ0v) is 9.84. The van der Waals surface area contributed by atoms with Gasteiger partial charge in [-0.25, -0.2) is 0 Å². The van der Waals surface area contributed by atoms with Crippen molar-refractivity contribution in [2.45, 2.75) is 20.3 Å². The molecule has 0 unspecified atom stereocenters. The molecule has 0 atom stereocenters. The Morgan fingerprint density at radius 3 is 3.06 bits per heavy atom. The molecule has 1 heterocycles. The van der Waals surface area contributed by atoms with Crippen molar-refractivity contribution in [2.75, 3.05) is 18.4 Å². The zero-order valence-electron chi connectivity index (χ0n) is 9.84. The fourth-order valence-electron chi connectivity index (χ4n) is 1.83. The van der Waals surface area contributed by atoms with Crippen molar-refractivity contribution in [2.24, 2.45) is 5.92 Å². The maximum atomic E-state index is 11.8. The van der Waals surface area contributed by atoms with Crippen LogP contribution in [-0.2, 0) is 6.42 Å². The van der Waals surface area contributed by atoms with Crippen molar-refractivity contribution in [1.29, 1.82) is 0 Å². The topological polar surface area (TPSA) is 41.1 Å². The molecule has 3 nitrogen and oxygen atoms in total. The summed E-state index contributed by atoms with van der Waals surface area (Å²) in [5.74, 6) is 0.502. The second-order valence-electron chi connectivity index (χ2n) is 4.65. The molecule has 0 aliphatic carbocycles. The molecule has 0 saturated carbocycles. The number of carbonyl (C=O) groups excluding carboxylic acids is 1. The molecular weight excluding hydrogens is 200 g/mol. The van der Waals surface area contributed by atoms with E-state index in [9.17, 15) is 4.79 Å². The van der Waals surface area contributed by atoms with Gasteiger partial charge in [0.2, 0.25) is 0 Å². The predicted molar refractivity (Wildman–Crippen MR) is 65.8 cm³/mol. The summed E-state index contributed by atoms with van der Waals surface area (Å²) in [6, 6.07) is 5.89. The number of anilines is 1. The minimum absolute atomic E-state index is 0.0187. The Balaban J connectivity index is 2.06. The molecule has 86 valence electrons. The molecule has 0 spiro atoms. The molecule has 0 saturated heterocycles. The fourth-order valence-corrected chi connectivity index (χ4v) is 1.83. The molecule has 2 rings (SSSR count). The van der Waals surface area contributed by atoms with Crippen molar-refractivity contribution in [3.63, 3.8) is 0 Å². The molecule has 0 aromatic heterocycles. The van der Waals surface area contributed by atoms with Gasteiger partial charge in [0.15, 0.2) is 0 Å². The van der Waals surface area contributed by atoms with Crippen LogP contribution in [-0.4, -0.2) is 19.0 Å². The lowest BCUT2D eigenvalue weighted by Gasteiger charge is -2.08. The summed E-state index contributed by atoms with van der Waals surface area (Å²) >= 11 is 0. The summed E-state index contributed by atoms with van der Waals surface area (Å²) in [4.78, 5) is 11.8. The summed E-state index contributed by atoms with van der Waals surface area (Å²) in [6.07, 6.45) is 1.06. The van der Waals surface area contributed by atoms with Crippen LogP contribution in [0, 0.1) is 5.92 Å². The summed E-state index contributed by atoms with van der Waals surface area (Å²) in [6.45, 7) is 5.88. The molecule has 1 aromatic carbocycles. The molecule has 16 heavy (non-hydrogen) atoms. The third-order valence-electron chi connectivity index (χ3n) is 2.75. The summed E-state index contributed by atoms with van der Waals surface area (Å²) < 4.78 is 0. The molecule has 1 aromatic rings. The highest BCUT2D eigenvalue weighted by Crippen LogP contribution is 2.23. The first kappa shape index (κ1) is 11.0. The predicted octanol–water partition coefficient (Wildman–Crippen LogP) is 2.04. The summed E-state index contributed by atoms with van der Waals surface area (Å²) in [5, 5.41) is 6.20. The lowest BCUT2D eigenvalue weighted by Crippen LogP contribution is -2.27. The van der Waals surface area contributed by atoms with E-state index < -0.39 is 0 Å². The van der Waals surface area contributed by atoms with E-state index in [0.29, 0.717) is 5.92 Å². The lowest BCUT2D eigenvalue weighted by atomic mass is 10.1. The van der Waals surface area contributed by atoms with E-state index in [1.807, 2.05) is 18.2 Å². The van der Waals surface area contributed by atoms with Gasteiger partial charge in [-0.3, -0.25) is 4.79 Å². The fraction of sp³-hybridized carbons (Fsp3) is 0.462. The van der Waals surface area contributed by atoms with Crippen molar-refractivity contribution in [3.05, 3.63) is 29.3 Å². The number of nitrogens with one attached hydrogen (secondary N) is 2. The van der Waals surface area contributed by atoms with E-state index in [-0.39, 0.29) is 5.91 Å². The highest BCUT2D eigenvalue weighted by atomic mass is 16.1. The van der Waals surface area contributed by atoms with Crippen LogP contribution in [0.4, 0.5) is 5.69 Å². The van der Waals surface area contributed by atoms with E-state index >= 15 is 0 Å². The van der Waals surface area contributed by atoms with Crippen molar-refractivity contribution in [1.82, 2.24) is 5.32 Å². The van der Waals surface area contributed by atoms with Crippen LogP contribution in [0.15, 0.2) is 18.2 Å². The highest BCUT2D eigenvalue weighted by Gasteiger charge is 2.13. The Hall–Kier alpha value is -1.51. The van der Waals surface area contributed by atoms with Crippen molar-refractivity contribution >= 4 is 11.6 Å². The van der Waals surface area contributed by atoms with Crippen molar-refractivity contribution < 1.29 is 4.79 Å². The second-order valence-corrected chi connectivity index (χ2v) is 4.65. The molecule has 1 aliphatic rings. The van der Waals surface area contributed by atoms with Gasteiger partial charge in [-0.1, -0.05) is 19.9 Å². The van der Waals surface area contributed by atoms with Crippen molar-refractivity contribution in [3.8, 4) is 0 Å². The third kappa shape index (κ3) is 2.35. The summed E-state index contributed by atoms with van der Waals surface area (Å²) in [5.41, 5.74) is 3.16. The monoisotopic (exact) mass is 218 g/mol. The minimum Gasteiger partial charge on any atom is -0.384 e. The first-order chi connectivity index (χ1) is 7.66. The van der Waals surface area contributed by atoms with Gasteiger partial charge in [-0.2, -0.15) is 0 Å². The van der Waals surface area contributed by atoms with E-state index in [2.05, 4.69) is 24.5 Å². The highest BCUT2D eigenvalue weighted by molar-refractivity contribution is 5.95. The molecule has 1 aliphatic heterocycles.